The molecule has 14 heavy (non-hydrogen) atoms. The first-order valence-corrected chi connectivity index (χ1v) is 4.84. The van der Waals surface area contributed by atoms with Gasteiger partial charge < -0.3 is 0 Å². The Balaban J connectivity index is 2.19. The summed E-state index contributed by atoms with van der Waals surface area (Å²) in [5, 5.41) is 5.71. The van der Waals surface area contributed by atoms with E-state index in [-0.39, 0.29) is 0 Å². The van der Waals surface area contributed by atoms with Crippen molar-refractivity contribution in [2.24, 2.45) is 0 Å². The molecule has 72 valence electrons. The summed E-state index contributed by atoms with van der Waals surface area (Å²) >= 11 is 4.87. The van der Waals surface area contributed by atoms with E-state index in [1.54, 1.807) is 0 Å². The lowest BCUT2D eigenvalue weighted by Crippen LogP contribution is -1.90. The van der Waals surface area contributed by atoms with Gasteiger partial charge in [-0.3, -0.25) is 10.2 Å². The Labute approximate surface area is 87.2 Å². The van der Waals surface area contributed by atoms with Crippen LogP contribution in [0.15, 0.2) is 24.3 Å². The molecule has 0 atom stereocenters. The van der Waals surface area contributed by atoms with Gasteiger partial charge in [-0.05, 0) is 24.7 Å². The number of aryl methyl sites for hydroxylation is 1. The highest BCUT2D eigenvalue weighted by atomic mass is 32.1. The minimum atomic E-state index is 0.507. The normalized spacial score (nSPS) is 10.4. The van der Waals surface area contributed by atoms with E-state index in [0.717, 1.165) is 12.2 Å². The average Bonchev–Trinajstić information content (AvgIpc) is 2.56. The van der Waals surface area contributed by atoms with Crippen LogP contribution in [-0.2, 0) is 6.42 Å². The first-order chi connectivity index (χ1) is 6.74. The monoisotopic (exact) mass is 205 g/mol. The zero-order chi connectivity index (χ0) is 9.97. The molecule has 0 spiro atoms. The maximum absolute atomic E-state index is 4.87. The molecule has 0 aliphatic rings. The number of aromatic nitrogens is 3. The number of H-pyrrole nitrogens is 2. The Bertz CT molecular complexity index is 467. The lowest BCUT2D eigenvalue weighted by atomic mass is 10.1. The van der Waals surface area contributed by atoms with Crippen molar-refractivity contribution in [1.82, 2.24) is 15.2 Å². The van der Waals surface area contributed by atoms with Crippen molar-refractivity contribution < 1.29 is 0 Å². The fraction of sp³-hybridized carbons (Fsp3) is 0.200. The van der Waals surface area contributed by atoms with Crippen molar-refractivity contribution in [2.75, 3.05) is 0 Å². The van der Waals surface area contributed by atoms with Crippen molar-refractivity contribution in [3.05, 3.63) is 46.0 Å². The second-order valence-corrected chi connectivity index (χ2v) is 3.66. The zero-order valence-corrected chi connectivity index (χ0v) is 8.69. The van der Waals surface area contributed by atoms with Crippen LogP contribution in [0.4, 0.5) is 0 Å². The molecule has 2 N–H and O–H groups in total. The molecule has 0 fully saturated rings. The van der Waals surface area contributed by atoms with E-state index in [4.69, 9.17) is 12.2 Å². The molecule has 0 aliphatic heterocycles. The fourth-order valence-corrected chi connectivity index (χ4v) is 1.45. The average molecular weight is 205 g/mol. The number of hydrogen-bond donors (Lipinski definition) is 2. The number of nitrogens with one attached hydrogen (secondary N) is 2. The van der Waals surface area contributed by atoms with Crippen LogP contribution >= 0.6 is 12.2 Å². The van der Waals surface area contributed by atoms with Crippen molar-refractivity contribution in [3.8, 4) is 0 Å². The largest absolute Gasteiger partial charge is 0.285 e. The topological polar surface area (TPSA) is 44.5 Å². The summed E-state index contributed by atoms with van der Waals surface area (Å²) in [7, 11) is 0. The summed E-state index contributed by atoms with van der Waals surface area (Å²) in [5.74, 6) is 0.874. The van der Waals surface area contributed by atoms with Crippen molar-refractivity contribution >= 4 is 12.2 Å². The quantitative estimate of drug-likeness (QED) is 0.739. The summed E-state index contributed by atoms with van der Waals surface area (Å²) in [6, 6.07) is 8.38. The predicted octanol–water partition coefficient (Wildman–Crippen LogP) is 2.37. The van der Waals surface area contributed by atoms with E-state index in [0.29, 0.717) is 4.77 Å². The second kappa shape index (κ2) is 3.75. The second-order valence-electron chi connectivity index (χ2n) is 3.28. The van der Waals surface area contributed by atoms with Gasteiger partial charge in [0, 0.05) is 6.42 Å². The Morgan fingerprint density at radius 2 is 1.93 bits per heavy atom. The molecule has 4 heteroatoms. The molecule has 1 aromatic carbocycles. The molecule has 0 aliphatic carbocycles. The van der Waals surface area contributed by atoms with E-state index in [1.165, 1.54) is 11.1 Å². The number of aromatic amines is 2. The van der Waals surface area contributed by atoms with E-state index in [9.17, 15) is 0 Å². The fourth-order valence-electron chi connectivity index (χ4n) is 1.29. The molecular weight excluding hydrogens is 194 g/mol. The zero-order valence-electron chi connectivity index (χ0n) is 7.87. The smallest absolute Gasteiger partial charge is 0.213 e. The van der Waals surface area contributed by atoms with Crippen LogP contribution in [0.5, 0.6) is 0 Å². The minimum Gasteiger partial charge on any atom is -0.285 e. The van der Waals surface area contributed by atoms with Gasteiger partial charge in [0.2, 0.25) is 4.77 Å². The third-order valence-corrected chi connectivity index (χ3v) is 2.24. The third kappa shape index (κ3) is 2.09. The van der Waals surface area contributed by atoms with Crippen LogP contribution in [0.2, 0.25) is 0 Å². The Kier molecular flexibility index (Phi) is 2.45. The minimum absolute atomic E-state index is 0.507. The first kappa shape index (κ1) is 9.15. The maximum atomic E-state index is 4.87. The van der Waals surface area contributed by atoms with Crippen LogP contribution < -0.4 is 0 Å². The van der Waals surface area contributed by atoms with Gasteiger partial charge in [0.05, 0.1) is 0 Å². The Morgan fingerprint density at radius 1 is 1.21 bits per heavy atom. The van der Waals surface area contributed by atoms with E-state index in [1.807, 2.05) is 0 Å². The standard InChI is InChI=1S/C10H11N3S/c1-7-2-4-8(5-3-7)6-9-11-10(14)13-12-9/h2-5H,6H2,1H3,(H2,11,12,13,14). The summed E-state index contributed by atoms with van der Waals surface area (Å²) in [6.07, 6.45) is 0.785. The molecule has 2 rings (SSSR count). The SMILES string of the molecule is Cc1ccc(Cc2nc(=S)[nH][nH]2)cc1. The van der Waals surface area contributed by atoms with Gasteiger partial charge in [-0.1, -0.05) is 29.8 Å². The molecule has 3 nitrogen and oxygen atoms in total. The van der Waals surface area contributed by atoms with Crippen LogP contribution in [0, 0.1) is 11.7 Å². The van der Waals surface area contributed by atoms with Crippen LogP contribution in [0.1, 0.15) is 17.0 Å². The highest BCUT2D eigenvalue weighted by Gasteiger charge is 1.98. The van der Waals surface area contributed by atoms with E-state index >= 15 is 0 Å². The van der Waals surface area contributed by atoms with Crippen molar-refractivity contribution in [1.29, 1.82) is 0 Å². The van der Waals surface area contributed by atoms with Crippen LogP contribution in [0.25, 0.3) is 0 Å². The summed E-state index contributed by atoms with van der Waals surface area (Å²) in [6.45, 7) is 2.08. The molecule has 0 saturated carbocycles. The molecular formula is C10H11N3S. The Morgan fingerprint density at radius 3 is 2.50 bits per heavy atom. The third-order valence-electron chi connectivity index (χ3n) is 2.04. The highest BCUT2D eigenvalue weighted by Crippen LogP contribution is 2.06. The molecule has 0 amide bonds. The lowest BCUT2D eigenvalue weighted by molar-refractivity contribution is 0.971. The maximum Gasteiger partial charge on any atom is 0.213 e. The predicted molar refractivity (Wildman–Crippen MR) is 57.8 cm³/mol. The molecule has 1 heterocycles. The van der Waals surface area contributed by atoms with Gasteiger partial charge in [0.15, 0.2) is 0 Å². The lowest BCUT2D eigenvalue weighted by Gasteiger charge is -1.97. The van der Waals surface area contributed by atoms with E-state index in [2.05, 4.69) is 46.4 Å². The first-order valence-electron chi connectivity index (χ1n) is 4.43. The molecule has 0 unspecified atom stereocenters. The number of benzene rings is 1. The summed E-state index contributed by atoms with van der Waals surface area (Å²) in [5.41, 5.74) is 2.50. The van der Waals surface area contributed by atoms with Gasteiger partial charge in [-0.25, -0.2) is 4.98 Å². The number of hydrogen-bond acceptors (Lipinski definition) is 2. The molecule has 0 radical (unpaired) electrons. The van der Waals surface area contributed by atoms with Crippen LogP contribution in [0.3, 0.4) is 0 Å². The molecule has 0 saturated heterocycles. The van der Waals surface area contributed by atoms with Crippen molar-refractivity contribution in [2.45, 2.75) is 13.3 Å². The van der Waals surface area contributed by atoms with E-state index < -0.39 is 0 Å². The number of rotatable bonds is 2. The molecule has 0 bridgehead atoms. The summed E-state index contributed by atoms with van der Waals surface area (Å²) in [4.78, 5) is 4.13. The number of nitrogens with zero attached hydrogens (tertiary/aromatic N) is 1. The molecule has 2 aromatic rings. The van der Waals surface area contributed by atoms with Gasteiger partial charge in [-0.2, -0.15) is 0 Å². The van der Waals surface area contributed by atoms with Gasteiger partial charge in [0.1, 0.15) is 5.82 Å². The van der Waals surface area contributed by atoms with Gasteiger partial charge in [0.25, 0.3) is 0 Å². The molecule has 1 aromatic heterocycles. The van der Waals surface area contributed by atoms with Gasteiger partial charge in [-0.15, -0.1) is 0 Å². The van der Waals surface area contributed by atoms with Crippen molar-refractivity contribution in [3.63, 3.8) is 0 Å². The summed E-state index contributed by atoms with van der Waals surface area (Å²) < 4.78 is 0.507. The van der Waals surface area contributed by atoms with Crippen LogP contribution in [-0.4, -0.2) is 15.2 Å². The Hall–Kier alpha value is -1.42. The van der Waals surface area contributed by atoms with Gasteiger partial charge >= 0.3 is 0 Å². The highest BCUT2D eigenvalue weighted by molar-refractivity contribution is 7.71.